The van der Waals surface area contributed by atoms with Crippen molar-refractivity contribution in [2.24, 2.45) is 20.0 Å². The second-order valence-electron chi connectivity index (χ2n) is 4.56. The summed E-state index contributed by atoms with van der Waals surface area (Å²) in [5, 5.41) is 7.05. The van der Waals surface area contributed by atoms with Crippen molar-refractivity contribution in [1.82, 2.24) is 14.3 Å². The zero-order valence-electron chi connectivity index (χ0n) is 10.7. The molecule has 2 heterocycles. The minimum Gasteiger partial charge on any atom is -0.364 e. The molecule has 0 amide bonds. The van der Waals surface area contributed by atoms with E-state index in [0.29, 0.717) is 5.92 Å². The van der Waals surface area contributed by atoms with Crippen LogP contribution in [-0.2, 0) is 14.1 Å². The number of rotatable bonds is 3. The lowest BCUT2D eigenvalue weighted by Crippen LogP contribution is -2.40. The molecule has 0 bridgehead atoms. The number of thioether (sulfide) groups is 1. The lowest BCUT2D eigenvalue weighted by atomic mass is 10.0. The maximum atomic E-state index is 11.8. The standard InChI is InChI=1S/C11H18N4O2S/c1-14-10(16)9(13-15(2)11(14)17)12-7-8-3-5-18-6-4-8/h8H,3-7H2,1-2H3,(H,12,13). The van der Waals surface area contributed by atoms with Crippen LogP contribution in [0.4, 0.5) is 5.82 Å². The highest BCUT2D eigenvalue weighted by Gasteiger charge is 2.15. The molecule has 0 atom stereocenters. The maximum absolute atomic E-state index is 11.8. The number of hydrogen-bond acceptors (Lipinski definition) is 5. The average molecular weight is 270 g/mol. The van der Waals surface area contributed by atoms with Crippen LogP contribution in [0.3, 0.4) is 0 Å². The Labute approximate surface area is 109 Å². The van der Waals surface area contributed by atoms with Crippen molar-refractivity contribution in [3.63, 3.8) is 0 Å². The topological polar surface area (TPSA) is 68.9 Å². The molecule has 1 aromatic rings. The molecule has 7 heteroatoms. The van der Waals surface area contributed by atoms with Crippen LogP contribution in [0.5, 0.6) is 0 Å². The summed E-state index contributed by atoms with van der Waals surface area (Å²) in [4.78, 5) is 23.3. The van der Waals surface area contributed by atoms with E-state index in [-0.39, 0.29) is 11.4 Å². The minimum atomic E-state index is -0.403. The van der Waals surface area contributed by atoms with Crippen molar-refractivity contribution in [3.05, 3.63) is 20.8 Å². The molecule has 1 fully saturated rings. The molecule has 18 heavy (non-hydrogen) atoms. The molecular formula is C11H18N4O2S. The van der Waals surface area contributed by atoms with E-state index in [0.717, 1.165) is 11.1 Å². The van der Waals surface area contributed by atoms with Crippen LogP contribution in [0.15, 0.2) is 9.59 Å². The molecule has 2 rings (SSSR count). The van der Waals surface area contributed by atoms with Crippen LogP contribution in [-0.4, -0.2) is 32.4 Å². The van der Waals surface area contributed by atoms with Gasteiger partial charge in [-0.1, -0.05) is 0 Å². The monoisotopic (exact) mass is 270 g/mol. The fourth-order valence-corrected chi connectivity index (χ4v) is 3.20. The molecule has 0 aromatic carbocycles. The lowest BCUT2D eigenvalue weighted by molar-refractivity contribution is 0.511. The molecule has 0 spiro atoms. The molecule has 1 aromatic heterocycles. The number of aromatic nitrogens is 3. The Morgan fingerprint density at radius 1 is 1.33 bits per heavy atom. The smallest absolute Gasteiger partial charge is 0.346 e. The number of aryl methyl sites for hydroxylation is 1. The Balaban J connectivity index is 2.10. The second-order valence-corrected chi connectivity index (χ2v) is 5.78. The number of nitrogens with one attached hydrogen (secondary N) is 1. The summed E-state index contributed by atoms with van der Waals surface area (Å²) in [7, 11) is 3.01. The Kier molecular flexibility index (Phi) is 4.11. The van der Waals surface area contributed by atoms with Crippen LogP contribution in [0.25, 0.3) is 0 Å². The summed E-state index contributed by atoms with van der Waals surface area (Å²) in [6.07, 6.45) is 2.34. The first kappa shape index (κ1) is 13.2. The van der Waals surface area contributed by atoms with E-state index >= 15 is 0 Å². The van der Waals surface area contributed by atoms with Gasteiger partial charge in [-0.05, 0) is 30.3 Å². The van der Waals surface area contributed by atoms with Crippen molar-refractivity contribution in [2.75, 3.05) is 23.4 Å². The van der Waals surface area contributed by atoms with Gasteiger partial charge in [-0.3, -0.25) is 9.36 Å². The minimum absolute atomic E-state index is 0.262. The van der Waals surface area contributed by atoms with E-state index in [1.54, 1.807) is 7.05 Å². The molecule has 100 valence electrons. The van der Waals surface area contributed by atoms with Gasteiger partial charge in [0.15, 0.2) is 0 Å². The average Bonchev–Trinajstić information content (AvgIpc) is 2.40. The number of hydrogen-bond donors (Lipinski definition) is 1. The SMILES string of the molecule is Cn1nc(NCC2CCSCC2)c(=O)n(C)c1=O. The van der Waals surface area contributed by atoms with Crippen LogP contribution in [0, 0.1) is 5.92 Å². The normalized spacial score (nSPS) is 16.8. The maximum Gasteiger partial charge on any atom is 0.346 e. The number of anilines is 1. The fourth-order valence-electron chi connectivity index (χ4n) is 2.00. The van der Waals surface area contributed by atoms with E-state index in [2.05, 4.69) is 10.4 Å². The highest BCUT2D eigenvalue weighted by atomic mass is 32.2. The van der Waals surface area contributed by atoms with Gasteiger partial charge in [0.05, 0.1) is 0 Å². The molecule has 0 unspecified atom stereocenters. The molecule has 6 nitrogen and oxygen atoms in total. The predicted molar refractivity (Wildman–Crippen MR) is 73.3 cm³/mol. The Bertz CT molecular complexity index is 531. The molecule has 1 aliphatic rings. The van der Waals surface area contributed by atoms with Crippen molar-refractivity contribution < 1.29 is 0 Å². The zero-order valence-corrected chi connectivity index (χ0v) is 11.5. The summed E-state index contributed by atoms with van der Waals surface area (Å²) >= 11 is 1.98. The third-order valence-corrected chi connectivity index (χ3v) is 4.27. The summed E-state index contributed by atoms with van der Waals surface area (Å²) in [5.74, 6) is 3.23. The number of nitrogens with zero attached hydrogens (tertiary/aromatic N) is 3. The van der Waals surface area contributed by atoms with E-state index in [4.69, 9.17) is 0 Å². The van der Waals surface area contributed by atoms with E-state index < -0.39 is 5.69 Å². The van der Waals surface area contributed by atoms with Gasteiger partial charge in [0, 0.05) is 20.6 Å². The van der Waals surface area contributed by atoms with Gasteiger partial charge in [-0.25, -0.2) is 9.48 Å². The van der Waals surface area contributed by atoms with Crippen LogP contribution in [0.1, 0.15) is 12.8 Å². The summed E-state index contributed by atoms with van der Waals surface area (Å²) in [6.45, 7) is 0.751. The van der Waals surface area contributed by atoms with Crippen molar-refractivity contribution >= 4 is 17.6 Å². The Hall–Kier alpha value is -1.24. The van der Waals surface area contributed by atoms with Crippen molar-refractivity contribution in [1.29, 1.82) is 0 Å². The van der Waals surface area contributed by atoms with E-state index in [9.17, 15) is 9.59 Å². The van der Waals surface area contributed by atoms with E-state index in [1.165, 1.54) is 36.1 Å². The first-order valence-electron chi connectivity index (χ1n) is 6.05. The van der Waals surface area contributed by atoms with Crippen molar-refractivity contribution in [3.8, 4) is 0 Å². The van der Waals surface area contributed by atoms with Gasteiger partial charge >= 0.3 is 5.69 Å². The summed E-state index contributed by atoms with van der Waals surface area (Å²) < 4.78 is 2.26. The highest BCUT2D eigenvalue weighted by Crippen LogP contribution is 2.22. The van der Waals surface area contributed by atoms with Gasteiger partial charge in [0.1, 0.15) is 0 Å². The Morgan fingerprint density at radius 3 is 2.67 bits per heavy atom. The molecule has 0 radical (unpaired) electrons. The van der Waals surface area contributed by atoms with Gasteiger partial charge in [0.25, 0.3) is 5.56 Å². The van der Waals surface area contributed by atoms with Gasteiger partial charge in [-0.15, -0.1) is 5.10 Å². The fraction of sp³-hybridized carbons (Fsp3) is 0.727. The zero-order chi connectivity index (χ0) is 13.1. The Morgan fingerprint density at radius 2 is 2.00 bits per heavy atom. The van der Waals surface area contributed by atoms with Crippen LogP contribution in [0.2, 0.25) is 0 Å². The first-order valence-corrected chi connectivity index (χ1v) is 7.21. The molecular weight excluding hydrogens is 252 g/mol. The molecule has 1 N–H and O–H groups in total. The summed E-state index contributed by atoms with van der Waals surface area (Å²) in [6, 6.07) is 0. The van der Waals surface area contributed by atoms with Gasteiger partial charge in [0.2, 0.25) is 5.82 Å². The third kappa shape index (κ3) is 2.77. The van der Waals surface area contributed by atoms with Crippen LogP contribution >= 0.6 is 11.8 Å². The third-order valence-electron chi connectivity index (χ3n) is 3.22. The molecule has 1 aliphatic heterocycles. The lowest BCUT2D eigenvalue weighted by Gasteiger charge is -2.21. The largest absolute Gasteiger partial charge is 0.364 e. The highest BCUT2D eigenvalue weighted by molar-refractivity contribution is 7.99. The molecule has 0 saturated carbocycles. The van der Waals surface area contributed by atoms with Crippen LogP contribution < -0.4 is 16.6 Å². The predicted octanol–water partition coefficient (Wildman–Crippen LogP) is 0.0341. The summed E-state index contributed by atoms with van der Waals surface area (Å²) in [5.41, 5.74) is -0.761. The van der Waals surface area contributed by atoms with Gasteiger partial charge in [-0.2, -0.15) is 11.8 Å². The molecule has 0 aliphatic carbocycles. The first-order chi connectivity index (χ1) is 8.59. The van der Waals surface area contributed by atoms with Gasteiger partial charge < -0.3 is 5.32 Å². The van der Waals surface area contributed by atoms with Crippen molar-refractivity contribution in [2.45, 2.75) is 12.8 Å². The molecule has 1 saturated heterocycles. The second kappa shape index (κ2) is 5.60. The quantitative estimate of drug-likeness (QED) is 0.839. The van der Waals surface area contributed by atoms with E-state index in [1.807, 2.05) is 11.8 Å².